The first-order chi connectivity index (χ1) is 17.7. The lowest BCUT2D eigenvalue weighted by Crippen LogP contribution is -2.32. The predicted octanol–water partition coefficient (Wildman–Crippen LogP) is 3.76. The monoisotopic (exact) mass is 503 g/mol. The highest BCUT2D eigenvalue weighted by molar-refractivity contribution is 6.22. The number of nitro benzene ring substituents is 1. The van der Waals surface area contributed by atoms with Gasteiger partial charge in [-0.3, -0.25) is 29.4 Å². The molecule has 0 radical (unpaired) electrons. The largest absolute Gasteiger partial charge is 0.497 e. The summed E-state index contributed by atoms with van der Waals surface area (Å²) in [5, 5.41) is 13.5. The zero-order valence-electron chi connectivity index (χ0n) is 19.8. The van der Waals surface area contributed by atoms with Crippen molar-refractivity contribution in [1.29, 1.82) is 0 Å². The maximum atomic E-state index is 13.0. The van der Waals surface area contributed by atoms with E-state index in [1.54, 1.807) is 19.1 Å². The highest BCUT2D eigenvalue weighted by Crippen LogP contribution is 2.32. The molecule has 4 rings (SSSR count). The number of nitrogens with zero attached hydrogens (tertiary/aromatic N) is 2. The Kier molecular flexibility index (Phi) is 6.96. The number of methoxy groups -OCH3 is 1. The fourth-order valence-corrected chi connectivity index (χ4v) is 3.92. The van der Waals surface area contributed by atoms with Crippen LogP contribution in [-0.4, -0.2) is 47.2 Å². The van der Waals surface area contributed by atoms with Gasteiger partial charge in [0.05, 0.1) is 34.8 Å². The van der Waals surface area contributed by atoms with Crippen LogP contribution in [0.4, 0.5) is 11.4 Å². The highest BCUT2D eigenvalue weighted by Gasteiger charge is 2.39. The molecule has 3 aromatic rings. The summed E-state index contributed by atoms with van der Waals surface area (Å²) in [6.45, 7) is 0.992. The summed E-state index contributed by atoms with van der Waals surface area (Å²) in [5.74, 6) is -2.47. The maximum Gasteiger partial charge on any atom is 0.338 e. The van der Waals surface area contributed by atoms with E-state index < -0.39 is 41.3 Å². The molecular weight excluding hydrogens is 482 g/mol. The van der Waals surface area contributed by atoms with E-state index in [1.165, 1.54) is 43.5 Å². The Hall–Kier alpha value is -5.06. The number of fused-ring (bicyclic) bond motifs is 1. The standard InChI is InChI=1S/C26H21N3O8/c1-15(16-6-4-3-5-7-16)28-24(31)19-10-8-17(12-20(19)25(28)32)26(33)37-14-23(30)27-21-13-18(36-2)9-11-22(21)29(34)35/h3-13,15H,14H2,1-2H3,(H,27,30)/t15-/m0/s1. The fraction of sp³-hybridized carbons (Fsp3) is 0.154. The van der Waals surface area contributed by atoms with Gasteiger partial charge in [-0.15, -0.1) is 0 Å². The molecule has 0 saturated heterocycles. The lowest BCUT2D eigenvalue weighted by Gasteiger charge is -2.22. The number of hydrogen-bond donors (Lipinski definition) is 1. The molecule has 0 unspecified atom stereocenters. The molecule has 1 heterocycles. The summed E-state index contributed by atoms with van der Waals surface area (Å²) in [7, 11) is 1.37. The van der Waals surface area contributed by atoms with Gasteiger partial charge in [-0.2, -0.15) is 0 Å². The van der Waals surface area contributed by atoms with Crippen LogP contribution in [0.5, 0.6) is 5.75 Å². The minimum absolute atomic E-state index is 0.0331. The number of anilines is 1. The molecule has 0 aromatic heterocycles. The molecule has 0 fully saturated rings. The van der Waals surface area contributed by atoms with Crippen LogP contribution in [-0.2, 0) is 9.53 Å². The minimum Gasteiger partial charge on any atom is -0.497 e. The molecule has 3 aromatic carbocycles. The first-order valence-electron chi connectivity index (χ1n) is 11.1. The number of ether oxygens (including phenoxy) is 2. The highest BCUT2D eigenvalue weighted by atomic mass is 16.6. The third-order valence-corrected chi connectivity index (χ3v) is 5.83. The Morgan fingerprint density at radius 3 is 2.38 bits per heavy atom. The number of nitro groups is 1. The number of hydrogen-bond acceptors (Lipinski definition) is 8. The second-order valence-corrected chi connectivity index (χ2v) is 8.09. The third-order valence-electron chi connectivity index (χ3n) is 5.83. The Morgan fingerprint density at radius 1 is 1.00 bits per heavy atom. The van der Waals surface area contributed by atoms with Crippen LogP contribution in [0.2, 0.25) is 0 Å². The summed E-state index contributed by atoms with van der Waals surface area (Å²) >= 11 is 0. The number of imide groups is 1. The molecule has 11 heteroatoms. The fourth-order valence-electron chi connectivity index (χ4n) is 3.92. The molecule has 1 aliphatic rings. The summed E-state index contributed by atoms with van der Waals surface area (Å²) in [6.07, 6.45) is 0. The summed E-state index contributed by atoms with van der Waals surface area (Å²) in [6, 6.07) is 16.3. The molecule has 0 spiro atoms. The maximum absolute atomic E-state index is 13.0. The normalized spacial score (nSPS) is 13.1. The van der Waals surface area contributed by atoms with E-state index in [-0.39, 0.29) is 33.8 Å². The Balaban J connectivity index is 1.44. The summed E-state index contributed by atoms with van der Waals surface area (Å²) < 4.78 is 10.0. The molecule has 3 amide bonds. The topological polar surface area (TPSA) is 145 Å². The molecule has 11 nitrogen and oxygen atoms in total. The zero-order valence-corrected chi connectivity index (χ0v) is 19.8. The number of rotatable bonds is 8. The lowest BCUT2D eigenvalue weighted by atomic mass is 10.1. The van der Waals surface area contributed by atoms with Crippen molar-refractivity contribution in [1.82, 2.24) is 4.90 Å². The second kappa shape index (κ2) is 10.3. The Morgan fingerprint density at radius 2 is 1.70 bits per heavy atom. The number of carbonyl (C=O) groups excluding carboxylic acids is 4. The molecule has 1 atom stereocenters. The van der Waals surface area contributed by atoms with Crippen molar-refractivity contribution >= 4 is 35.1 Å². The van der Waals surface area contributed by atoms with Crippen molar-refractivity contribution in [2.45, 2.75) is 13.0 Å². The van der Waals surface area contributed by atoms with E-state index in [0.717, 1.165) is 10.5 Å². The van der Waals surface area contributed by atoms with E-state index in [0.29, 0.717) is 0 Å². The predicted molar refractivity (Wildman–Crippen MR) is 130 cm³/mol. The van der Waals surface area contributed by atoms with Crippen LogP contribution in [0.15, 0.2) is 66.7 Å². The van der Waals surface area contributed by atoms with Crippen LogP contribution in [0.1, 0.15) is 49.6 Å². The van der Waals surface area contributed by atoms with Gasteiger partial charge >= 0.3 is 5.97 Å². The van der Waals surface area contributed by atoms with Gasteiger partial charge < -0.3 is 14.8 Å². The van der Waals surface area contributed by atoms with E-state index >= 15 is 0 Å². The molecular formula is C26H21N3O8. The van der Waals surface area contributed by atoms with Gasteiger partial charge in [-0.25, -0.2) is 4.79 Å². The Labute approximate surface area is 210 Å². The number of nitrogens with one attached hydrogen (secondary N) is 1. The van der Waals surface area contributed by atoms with E-state index in [2.05, 4.69) is 5.32 Å². The lowest BCUT2D eigenvalue weighted by molar-refractivity contribution is -0.383. The van der Waals surface area contributed by atoms with Gasteiger partial charge in [0.1, 0.15) is 11.4 Å². The van der Waals surface area contributed by atoms with Crippen molar-refractivity contribution < 1.29 is 33.6 Å². The number of amides is 3. The number of benzene rings is 3. The SMILES string of the molecule is COc1ccc([N+](=O)[O-])c(NC(=O)COC(=O)c2ccc3c(c2)C(=O)N([C@@H](C)c2ccccc2)C3=O)c1. The van der Waals surface area contributed by atoms with Crippen molar-refractivity contribution in [3.05, 3.63) is 99.1 Å². The minimum atomic E-state index is -0.909. The molecule has 0 saturated carbocycles. The van der Waals surface area contributed by atoms with Gasteiger partial charge in [-0.1, -0.05) is 30.3 Å². The van der Waals surface area contributed by atoms with Crippen molar-refractivity contribution in [3.8, 4) is 5.75 Å². The van der Waals surface area contributed by atoms with Crippen LogP contribution < -0.4 is 10.1 Å². The van der Waals surface area contributed by atoms with Crippen LogP contribution in [0, 0.1) is 10.1 Å². The average Bonchev–Trinajstić information content (AvgIpc) is 3.16. The van der Waals surface area contributed by atoms with Crippen LogP contribution >= 0.6 is 0 Å². The van der Waals surface area contributed by atoms with E-state index in [1.807, 2.05) is 18.2 Å². The van der Waals surface area contributed by atoms with Gasteiger partial charge in [0.2, 0.25) is 0 Å². The van der Waals surface area contributed by atoms with Gasteiger partial charge in [0.25, 0.3) is 23.4 Å². The van der Waals surface area contributed by atoms with Crippen molar-refractivity contribution in [2.24, 2.45) is 0 Å². The molecule has 0 aliphatic carbocycles. The zero-order chi connectivity index (χ0) is 26.7. The summed E-state index contributed by atoms with van der Waals surface area (Å²) in [4.78, 5) is 62.5. The quantitative estimate of drug-likeness (QED) is 0.212. The molecule has 1 N–H and O–H groups in total. The molecule has 37 heavy (non-hydrogen) atoms. The Bertz CT molecular complexity index is 1420. The van der Waals surface area contributed by atoms with Crippen molar-refractivity contribution in [2.75, 3.05) is 19.0 Å². The molecule has 0 bridgehead atoms. The average molecular weight is 503 g/mol. The van der Waals surface area contributed by atoms with E-state index in [9.17, 15) is 29.3 Å². The third kappa shape index (κ3) is 5.01. The smallest absolute Gasteiger partial charge is 0.338 e. The van der Waals surface area contributed by atoms with E-state index in [4.69, 9.17) is 9.47 Å². The molecule has 188 valence electrons. The van der Waals surface area contributed by atoms with Crippen LogP contribution in [0.3, 0.4) is 0 Å². The summed E-state index contributed by atoms with van der Waals surface area (Å²) in [5.41, 5.74) is 0.468. The van der Waals surface area contributed by atoms with Gasteiger partial charge in [-0.05, 0) is 36.8 Å². The number of carbonyl (C=O) groups is 4. The first kappa shape index (κ1) is 25.0. The first-order valence-corrected chi connectivity index (χ1v) is 11.1. The van der Waals surface area contributed by atoms with Gasteiger partial charge in [0, 0.05) is 12.1 Å². The van der Waals surface area contributed by atoms with Gasteiger partial charge in [0.15, 0.2) is 6.61 Å². The molecule has 1 aliphatic heterocycles. The van der Waals surface area contributed by atoms with Crippen LogP contribution in [0.25, 0.3) is 0 Å². The number of esters is 1. The van der Waals surface area contributed by atoms with Crippen molar-refractivity contribution in [3.63, 3.8) is 0 Å². The second-order valence-electron chi connectivity index (χ2n) is 8.09.